The third-order valence-electron chi connectivity index (χ3n) is 6.58. The van der Waals surface area contributed by atoms with Crippen molar-refractivity contribution in [2.45, 2.75) is 30.8 Å². The highest BCUT2D eigenvalue weighted by Crippen LogP contribution is 2.30. The number of nitrogens with zero attached hydrogens (tertiary/aromatic N) is 1. The molecule has 11 heteroatoms. The van der Waals surface area contributed by atoms with Crippen LogP contribution in [0.15, 0.2) is 71.8 Å². The lowest BCUT2D eigenvalue weighted by molar-refractivity contribution is -0.138. The smallest absolute Gasteiger partial charge is 0.322 e. The van der Waals surface area contributed by atoms with Crippen molar-refractivity contribution in [3.63, 3.8) is 0 Å². The lowest BCUT2D eigenvalue weighted by Crippen LogP contribution is -2.42. The van der Waals surface area contributed by atoms with Gasteiger partial charge in [0.05, 0.1) is 26.2 Å². The van der Waals surface area contributed by atoms with Crippen LogP contribution in [0.25, 0.3) is 10.9 Å². The Bertz CT molecular complexity index is 1710. The molecule has 1 heterocycles. The fourth-order valence-electron chi connectivity index (χ4n) is 4.49. The monoisotopic (exact) mass is 592 g/mol. The van der Waals surface area contributed by atoms with E-state index in [1.54, 1.807) is 34.3 Å². The third-order valence-corrected chi connectivity index (χ3v) is 8.06. The SMILES string of the molecule is CC#CCOc1ccc(S(=O)(=O)N[C@@H](Cc2cn(Cc3cc(OC)cc(OC)c3)c3ccc(OC)cc23)C(=O)O)cc1. The molecule has 0 saturated heterocycles. The summed E-state index contributed by atoms with van der Waals surface area (Å²) in [5.41, 5.74) is 2.35. The van der Waals surface area contributed by atoms with E-state index in [0.29, 0.717) is 35.1 Å². The quantitative estimate of drug-likeness (QED) is 0.223. The Morgan fingerprint density at radius 2 is 1.57 bits per heavy atom. The van der Waals surface area contributed by atoms with Crippen molar-refractivity contribution >= 4 is 26.9 Å². The number of nitrogens with one attached hydrogen (secondary N) is 1. The van der Waals surface area contributed by atoms with E-state index >= 15 is 0 Å². The minimum atomic E-state index is -4.16. The molecule has 0 saturated carbocycles. The number of fused-ring (bicyclic) bond motifs is 1. The predicted molar refractivity (Wildman–Crippen MR) is 158 cm³/mol. The number of carbonyl (C=O) groups is 1. The number of aliphatic carboxylic acids is 1. The fourth-order valence-corrected chi connectivity index (χ4v) is 5.68. The summed E-state index contributed by atoms with van der Waals surface area (Å²) >= 11 is 0. The molecular formula is C31H32N2O8S. The van der Waals surface area contributed by atoms with Crippen molar-refractivity contribution < 1.29 is 37.3 Å². The van der Waals surface area contributed by atoms with Crippen molar-refractivity contribution in [1.29, 1.82) is 0 Å². The van der Waals surface area contributed by atoms with Crippen molar-refractivity contribution in [1.82, 2.24) is 9.29 Å². The van der Waals surface area contributed by atoms with Crippen LogP contribution in [0.5, 0.6) is 23.0 Å². The van der Waals surface area contributed by atoms with Gasteiger partial charge in [-0.2, -0.15) is 4.72 Å². The molecule has 10 nitrogen and oxygen atoms in total. The van der Waals surface area contributed by atoms with Crippen LogP contribution in [0.3, 0.4) is 0 Å². The van der Waals surface area contributed by atoms with E-state index in [1.165, 1.54) is 24.3 Å². The van der Waals surface area contributed by atoms with Gasteiger partial charge in [0.1, 0.15) is 35.6 Å². The van der Waals surface area contributed by atoms with E-state index in [1.807, 2.05) is 41.1 Å². The van der Waals surface area contributed by atoms with Gasteiger partial charge in [0.2, 0.25) is 10.0 Å². The maximum Gasteiger partial charge on any atom is 0.322 e. The molecule has 0 aliphatic rings. The molecule has 2 N–H and O–H groups in total. The van der Waals surface area contributed by atoms with Crippen LogP contribution in [-0.4, -0.2) is 58.0 Å². The van der Waals surface area contributed by atoms with Crippen molar-refractivity contribution in [3.8, 4) is 34.8 Å². The standard InChI is InChI=1S/C31H32N2O8S/c1-5-6-13-41-23-7-10-27(11-8-23)42(36,37)32-29(31(34)35)16-22-20-33(30-12-9-24(38-2)18-28(22)30)19-21-14-25(39-3)17-26(15-21)40-4/h7-12,14-15,17-18,20,29,32H,13,16,19H2,1-4H3,(H,34,35)/t29-/m0/s1. The van der Waals surface area contributed by atoms with Gasteiger partial charge in [-0.1, -0.05) is 5.92 Å². The summed E-state index contributed by atoms with van der Waals surface area (Å²) in [5.74, 6) is 6.47. The Balaban J connectivity index is 1.64. The normalized spacial score (nSPS) is 11.8. The summed E-state index contributed by atoms with van der Waals surface area (Å²) in [4.78, 5) is 12.2. The molecule has 4 rings (SSSR count). The molecule has 0 aliphatic carbocycles. The highest BCUT2D eigenvalue weighted by molar-refractivity contribution is 7.89. The van der Waals surface area contributed by atoms with E-state index in [0.717, 1.165) is 16.5 Å². The molecule has 0 radical (unpaired) electrons. The lowest BCUT2D eigenvalue weighted by Gasteiger charge is -2.15. The molecule has 0 unspecified atom stereocenters. The van der Waals surface area contributed by atoms with E-state index < -0.39 is 22.0 Å². The Labute approximate surface area is 244 Å². The number of sulfonamides is 1. The molecule has 0 amide bonds. The molecule has 1 atom stereocenters. The first-order valence-corrected chi connectivity index (χ1v) is 14.4. The maximum atomic E-state index is 13.2. The van der Waals surface area contributed by atoms with E-state index in [4.69, 9.17) is 18.9 Å². The topological polar surface area (TPSA) is 125 Å². The Morgan fingerprint density at radius 1 is 0.929 bits per heavy atom. The highest BCUT2D eigenvalue weighted by atomic mass is 32.2. The zero-order chi connectivity index (χ0) is 30.3. The highest BCUT2D eigenvalue weighted by Gasteiger charge is 2.27. The summed E-state index contributed by atoms with van der Waals surface area (Å²) in [5, 5.41) is 10.8. The van der Waals surface area contributed by atoms with Crippen LogP contribution in [-0.2, 0) is 27.8 Å². The van der Waals surface area contributed by atoms with Crippen LogP contribution in [0.2, 0.25) is 0 Å². The Morgan fingerprint density at radius 3 is 2.17 bits per heavy atom. The second-order valence-corrected chi connectivity index (χ2v) is 11.0. The van der Waals surface area contributed by atoms with Crippen LogP contribution >= 0.6 is 0 Å². The second kappa shape index (κ2) is 13.3. The molecule has 4 aromatic rings. The molecule has 0 bridgehead atoms. The number of methoxy groups -OCH3 is 3. The average molecular weight is 593 g/mol. The summed E-state index contributed by atoms with van der Waals surface area (Å²) in [7, 11) is 0.531. The Kier molecular flexibility index (Phi) is 9.62. The minimum absolute atomic E-state index is 0.0845. The summed E-state index contributed by atoms with van der Waals surface area (Å²) in [6.45, 7) is 2.29. The number of ether oxygens (including phenoxy) is 4. The molecule has 3 aromatic carbocycles. The molecule has 0 aliphatic heterocycles. The fraction of sp³-hybridized carbons (Fsp3) is 0.258. The van der Waals surface area contributed by atoms with Gasteiger partial charge in [0.15, 0.2) is 0 Å². The van der Waals surface area contributed by atoms with E-state index in [2.05, 4.69) is 16.6 Å². The lowest BCUT2D eigenvalue weighted by atomic mass is 10.1. The number of rotatable bonds is 13. The number of carboxylic acids is 1. The maximum absolute atomic E-state index is 13.2. The molecule has 42 heavy (non-hydrogen) atoms. The largest absolute Gasteiger partial charge is 0.497 e. The van der Waals surface area contributed by atoms with Crippen molar-refractivity contribution in [3.05, 3.63) is 78.0 Å². The summed E-state index contributed by atoms with van der Waals surface area (Å²) in [6, 6.07) is 15.3. The summed E-state index contributed by atoms with van der Waals surface area (Å²) < 4.78 is 52.3. The van der Waals surface area contributed by atoms with Gasteiger partial charge in [-0.05, 0) is 72.6 Å². The van der Waals surface area contributed by atoms with Gasteiger partial charge in [0.25, 0.3) is 0 Å². The molecule has 0 fully saturated rings. The van der Waals surface area contributed by atoms with Gasteiger partial charge in [-0.15, -0.1) is 5.92 Å². The van der Waals surface area contributed by atoms with E-state index in [9.17, 15) is 18.3 Å². The van der Waals surface area contributed by atoms with Crippen LogP contribution in [0, 0.1) is 11.8 Å². The molecular weight excluding hydrogens is 560 g/mol. The first-order valence-electron chi connectivity index (χ1n) is 12.9. The van der Waals surface area contributed by atoms with Gasteiger partial charge >= 0.3 is 5.97 Å². The molecule has 1 aromatic heterocycles. The Hall–Kier alpha value is -4.66. The number of hydrogen-bond donors (Lipinski definition) is 2. The zero-order valence-electron chi connectivity index (χ0n) is 23.7. The second-order valence-electron chi connectivity index (χ2n) is 9.29. The van der Waals surface area contributed by atoms with Gasteiger partial charge in [-0.3, -0.25) is 4.79 Å². The third kappa shape index (κ3) is 7.15. The first kappa shape index (κ1) is 30.3. The van der Waals surface area contributed by atoms with Crippen LogP contribution in [0.4, 0.5) is 0 Å². The first-order chi connectivity index (χ1) is 20.2. The molecule has 220 valence electrons. The van der Waals surface area contributed by atoms with Crippen molar-refractivity contribution in [2.75, 3.05) is 27.9 Å². The number of hydrogen-bond acceptors (Lipinski definition) is 7. The van der Waals surface area contributed by atoms with Crippen LogP contribution in [0.1, 0.15) is 18.1 Å². The average Bonchev–Trinajstić information content (AvgIpc) is 3.32. The van der Waals surface area contributed by atoms with Gasteiger partial charge in [-0.25, -0.2) is 8.42 Å². The van der Waals surface area contributed by atoms with E-state index in [-0.39, 0.29) is 17.9 Å². The summed E-state index contributed by atoms with van der Waals surface area (Å²) in [6.07, 6.45) is 1.72. The minimum Gasteiger partial charge on any atom is -0.497 e. The van der Waals surface area contributed by atoms with Gasteiger partial charge in [0, 0.05) is 36.1 Å². The van der Waals surface area contributed by atoms with Gasteiger partial charge < -0.3 is 28.6 Å². The van der Waals surface area contributed by atoms with Crippen molar-refractivity contribution in [2.24, 2.45) is 0 Å². The number of benzene rings is 3. The zero-order valence-corrected chi connectivity index (χ0v) is 24.5. The molecule has 0 spiro atoms. The predicted octanol–water partition coefficient (Wildman–Crippen LogP) is 4.09. The number of aromatic nitrogens is 1. The number of carboxylic acid groups (broad SMARTS) is 1. The van der Waals surface area contributed by atoms with Crippen LogP contribution < -0.4 is 23.7 Å².